The monoisotopic (exact) mass is 268 g/mol. The molecule has 2 atom stereocenters. The Bertz CT molecular complexity index is 399. The number of ether oxygens (including phenoxy) is 1. The van der Waals surface area contributed by atoms with Crippen LogP contribution in [-0.4, -0.2) is 35.5 Å². The number of alkyl halides is 1. The van der Waals surface area contributed by atoms with E-state index in [1.807, 2.05) is 30.3 Å². The second-order valence-corrected chi connectivity index (χ2v) is 5.02. The van der Waals surface area contributed by atoms with Crippen LogP contribution in [0.25, 0.3) is 0 Å². The molecule has 2 N–H and O–H groups in total. The van der Waals surface area contributed by atoms with Gasteiger partial charge in [0.25, 0.3) is 0 Å². The van der Waals surface area contributed by atoms with Gasteiger partial charge in [0.05, 0.1) is 5.38 Å². The van der Waals surface area contributed by atoms with Crippen molar-refractivity contribution in [1.29, 1.82) is 0 Å². The zero-order valence-corrected chi connectivity index (χ0v) is 10.8. The number of carbonyl (C=O) groups excluding carboxylic acids is 1. The van der Waals surface area contributed by atoms with E-state index in [-0.39, 0.29) is 24.1 Å². The second kappa shape index (κ2) is 6.07. The summed E-state index contributed by atoms with van der Waals surface area (Å²) < 4.78 is 5.24. The highest BCUT2D eigenvalue weighted by Gasteiger charge is 2.28. The van der Waals surface area contributed by atoms with E-state index in [9.17, 15) is 4.79 Å². The third-order valence-electron chi connectivity index (χ3n) is 3.03. The second-order valence-electron chi connectivity index (χ2n) is 4.45. The predicted octanol–water partition coefficient (Wildman–Crippen LogP) is 1.96. The molecule has 0 saturated carbocycles. The van der Waals surface area contributed by atoms with Gasteiger partial charge in [0.15, 0.2) is 0 Å². The van der Waals surface area contributed by atoms with Gasteiger partial charge in [-0.3, -0.25) is 0 Å². The van der Waals surface area contributed by atoms with Crippen LogP contribution in [0.3, 0.4) is 0 Å². The van der Waals surface area contributed by atoms with Crippen LogP contribution in [0.15, 0.2) is 30.3 Å². The van der Waals surface area contributed by atoms with Crippen molar-refractivity contribution in [1.82, 2.24) is 4.90 Å². The minimum Gasteiger partial charge on any atom is -0.445 e. The molecule has 0 spiro atoms. The van der Waals surface area contributed by atoms with Crippen LogP contribution in [0.2, 0.25) is 0 Å². The maximum absolute atomic E-state index is 11.8. The van der Waals surface area contributed by atoms with Crippen LogP contribution in [0.1, 0.15) is 12.0 Å². The van der Waals surface area contributed by atoms with Crippen molar-refractivity contribution in [2.24, 2.45) is 5.73 Å². The van der Waals surface area contributed by atoms with Gasteiger partial charge in [-0.2, -0.15) is 0 Å². The van der Waals surface area contributed by atoms with E-state index in [2.05, 4.69) is 0 Å². The van der Waals surface area contributed by atoms with E-state index >= 15 is 0 Å². The Labute approximate surface area is 112 Å². The average Bonchev–Trinajstić information content (AvgIpc) is 2.40. The van der Waals surface area contributed by atoms with Gasteiger partial charge in [-0.15, -0.1) is 11.6 Å². The molecule has 1 aromatic rings. The number of benzene rings is 1. The molecule has 0 aromatic heterocycles. The van der Waals surface area contributed by atoms with Crippen LogP contribution >= 0.6 is 11.6 Å². The Morgan fingerprint density at radius 1 is 1.44 bits per heavy atom. The van der Waals surface area contributed by atoms with Gasteiger partial charge >= 0.3 is 6.09 Å². The van der Waals surface area contributed by atoms with Crippen molar-refractivity contribution in [2.45, 2.75) is 24.4 Å². The van der Waals surface area contributed by atoms with E-state index in [1.165, 1.54) is 0 Å². The highest BCUT2D eigenvalue weighted by atomic mass is 35.5. The molecule has 1 aliphatic rings. The van der Waals surface area contributed by atoms with E-state index in [1.54, 1.807) is 4.90 Å². The number of piperidine rings is 1. The molecule has 1 aliphatic heterocycles. The number of amides is 1. The fourth-order valence-corrected chi connectivity index (χ4v) is 2.11. The lowest BCUT2D eigenvalue weighted by molar-refractivity contribution is 0.0868. The fraction of sp³-hybridized carbons (Fsp3) is 0.462. The van der Waals surface area contributed by atoms with Crippen molar-refractivity contribution in [3.8, 4) is 0 Å². The van der Waals surface area contributed by atoms with Gasteiger partial charge in [0.2, 0.25) is 0 Å². The molecular weight excluding hydrogens is 252 g/mol. The predicted molar refractivity (Wildman–Crippen MR) is 70.4 cm³/mol. The molecule has 4 nitrogen and oxygen atoms in total. The first kappa shape index (κ1) is 13.2. The summed E-state index contributed by atoms with van der Waals surface area (Å²) in [7, 11) is 0. The number of carbonyl (C=O) groups is 1. The highest BCUT2D eigenvalue weighted by molar-refractivity contribution is 6.21. The molecule has 1 heterocycles. The van der Waals surface area contributed by atoms with Crippen molar-refractivity contribution >= 4 is 17.7 Å². The molecule has 0 radical (unpaired) electrons. The first-order chi connectivity index (χ1) is 8.66. The first-order valence-electron chi connectivity index (χ1n) is 6.02. The average molecular weight is 269 g/mol. The van der Waals surface area contributed by atoms with Gasteiger partial charge in [-0.1, -0.05) is 30.3 Å². The lowest BCUT2D eigenvalue weighted by Gasteiger charge is -2.33. The molecule has 0 bridgehead atoms. The number of rotatable bonds is 2. The summed E-state index contributed by atoms with van der Waals surface area (Å²) in [5, 5.41) is -0.0526. The van der Waals surface area contributed by atoms with Crippen LogP contribution < -0.4 is 5.73 Å². The van der Waals surface area contributed by atoms with Gasteiger partial charge < -0.3 is 15.4 Å². The molecule has 1 aromatic carbocycles. The van der Waals surface area contributed by atoms with Gasteiger partial charge in [0.1, 0.15) is 6.61 Å². The minimum absolute atomic E-state index is 0.0526. The zero-order chi connectivity index (χ0) is 13.0. The van der Waals surface area contributed by atoms with Crippen molar-refractivity contribution in [3.05, 3.63) is 35.9 Å². The van der Waals surface area contributed by atoms with E-state index in [0.717, 1.165) is 5.56 Å². The highest BCUT2D eigenvalue weighted by Crippen LogP contribution is 2.16. The van der Waals surface area contributed by atoms with Crippen LogP contribution in [0, 0.1) is 0 Å². The third kappa shape index (κ3) is 3.37. The number of hydrogen-bond acceptors (Lipinski definition) is 3. The van der Waals surface area contributed by atoms with E-state index < -0.39 is 0 Å². The Kier molecular flexibility index (Phi) is 4.44. The van der Waals surface area contributed by atoms with Gasteiger partial charge in [-0.25, -0.2) is 4.79 Å². The Morgan fingerprint density at radius 2 is 2.17 bits per heavy atom. The van der Waals surface area contributed by atoms with E-state index in [4.69, 9.17) is 22.1 Å². The summed E-state index contributed by atoms with van der Waals surface area (Å²) in [5.74, 6) is 0. The lowest BCUT2D eigenvalue weighted by Crippen LogP contribution is -2.51. The summed E-state index contributed by atoms with van der Waals surface area (Å²) >= 11 is 6.01. The fourth-order valence-electron chi connectivity index (χ4n) is 1.93. The summed E-state index contributed by atoms with van der Waals surface area (Å²) in [4.78, 5) is 13.4. The Morgan fingerprint density at radius 3 is 2.83 bits per heavy atom. The number of nitrogens with zero attached hydrogens (tertiary/aromatic N) is 1. The van der Waals surface area contributed by atoms with Crippen molar-refractivity contribution in [2.75, 3.05) is 13.1 Å². The molecule has 0 unspecified atom stereocenters. The van der Waals surface area contributed by atoms with E-state index in [0.29, 0.717) is 19.5 Å². The summed E-state index contributed by atoms with van der Waals surface area (Å²) in [5.41, 5.74) is 6.81. The maximum atomic E-state index is 11.8. The quantitative estimate of drug-likeness (QED) is 0.835. The molecule has 98 valence electrons. The zero-order valence-electron chi connectivity index (χ0n) is 10.1. The SMILES string of the molecule is N[C@H]1CN(C(=O)OCc2ccccc2)CC[C@@H]1Cl. The Balaban J connectivity index is 1.82. The molecular formula is C13H17ClN2O2. The molecule has 0 aliphatic carbocycles. The maximum Gasteiger partial charge on any atom is 0.410 e. The number of halogens is 1. The standard InChI is InChI=1S/C13H17ClN2O2/c14-11-6-7-16(8-12(11)15)13(17)18-9-10-4-2-1-3-5-10/h1-5,11-12H,6-9,15H2/t11-,12-/m0/s1. The molecule has 1 fully saturated rings. The number of nitrogens with two attached hydrogens (primary N) is 1. The van der Waals surface area contributed by atoms with Crippen LogP contribution in [-0.2, 0) is 11.3 Å². The topological polar surface area (TPSA) is 55.6 Å². The smallest absolute Gasteiger partial charge is 0.410 e. The van der Waals surface area contributed by atoms with Crippen molar-refractivity contribution in [3.63, 3.8) is 0 Å². The first-order valence-corrected chi connectivity index (χ1v) is 6.46. The largest absolute Gasteiger partial charge is 0.445 e. The molecule has 18 heavy (non-hydrogen) atoms. The molecule has 1 saturated heterocycles. The summed E-state index contributed by atoms with van der Waals surface area (Å²) in [6.45, 7) is 1.35. The lowest BCUT2D eigenvalue weighted by atomic mass is 10.1. The number of likely N-dealkylation sites (tertiary alicyclic amines) is 1. The molecule has 5 heteroatoms. The van der Waals surface area contributed by atoms with Gasteiger partial charge in [-0.05, 0) is 12.0 Å². The van der Waals surface area contributed by atoms with Crippen LogP contribution in [0.4, 0.5) is 4.79 Å². The summed E-state index contributed by atoms with van der Waals surface area (Å²) in [6, 6.07) is 9.42. The third-order valence-corrected chi connectivity index (χ3v) is 3.58. The minimum atomic E-state index is -0.321. The van der Waals surface area contributed by atoms with Crippen molar-refractivity contribution < 1.29 is 9.53 Å². The number of hydrogen-bond donors (Lipinski definition) is 1. The normalized spacial score (nSPS) is 23.8. The van der Waals surface area contributed by atoms with Crippen LogP contribution in [0.5, 0.6) is 0 Å². The summed E-state index contributed by atoms with van der Waals surface area (Å²) in [6.07, 6.45) is 0.390. The Hall–Kier alpha value is -1.26. The molecule has 2 rings (SSSR count). The molecule has 1 amide bonds. The van der Waals surface area contributed by atoms with Gasteiger partial charge in [0, 0.05) is 19.1 Å².